The molecule has 2 N–H and O–H groups in total. The summed E-state index contributed by atoms with van der Waals surface area (Å²) in [6.45, 7) is 6.67. The first-order valence-electron chi connectivity index (χ1n) is 9.51. The molecule has 0 saturated heterocycles. The first kappa shape index (κ1) is 22.2. The average Bonchev–Trinajstić information content (AvgIpc) is 2.71. The van der Waals surface area contributed by atoms with Gasteiger partial charge in [0.05, 0.1) is 10.6 Å². The van der Waals surface area contributed by atoms with Crippen molar-refractivity contribution >= 4 is 45.1 Å². The van der Waals surface area contributed by atoms with Crippen molar-refractivity contribution in [2.45, 2.75) is 47.0 Å². The van der Waals surface area contributed by atoms with Gasteiger partial charge >= 0.3 is 0 Å². The van der Waals surface area contributed by atoms with E-state index in [4.69, 9.17) is 0 Å². The lowest BCUT2D eigenvalue weighted by atomic mass is 9.82. The van der Waals surface area contributed by atoms with Gasteiger partial charge in [0.1, 0.15) is 4.58 Å². The third-order valence-corrected chi connectivity index (χ3v) is 9.25. The lowest BCUT2D eigenvalue weighted by molar-refractivity contribution is -0.114. The Morgan fingerprint density at radius 1 is 1.14 bits per heavy atom. The molecule has 0 radical (unpaired) electrons. The highest BCUT2D eigenvalue weighted by molar-refractivity contribution is 8.18. The van der Waals surface area contributed by atoms with Crippen molar-refractivity contribution < 1.29 is 13.2 Å². The van der Waals surface area contributed by atoms with Gasteiger partial charge in [-0.2, -0.15) is 0 Å². The molecule has 0 saturated carbocycles. The average molecular weight is 451 g/mol. The Labute approximate surface area is 181 Å². The Balaban J connectivity index is 1.53. The quantitative estimate of drug-likeness (QED) is 0.581. The molecule has 1 aliphatic heterocycles. The number of anilines is 1. The standard InChI is InChI=1S/C21H26N2O3S3/c1-4-21(2,3)15-9-11-16(12-10-15)29(25,26)22-13-14-27-20-19(24)23-17-7-5-6-8-18(17)28-20/h5-12,20,22H,4,13-14H2,1-3H3,(H,23,24). The maximum Gasteiger partial charge on any atom is 0.248 e. The zero-order valence-electron chi connectivity index (χ0n) is 16.8. The lowest BCUT2D eigenvalue weighted by Crippen LogP contribution is -2.29. The van der Waals surface area contributed by atoms with Crippen LogP contribution in [0.3, 0.4) is 0 Å². The van der Waals surface area contributed by atoms with E-state index in [0.717, 1.165) is 22.6 Å². The minimum atomic E-state index is -3.57. The monoisotopic (exact) mass is 450 g/mol. The highest BCUT2D eigenvalue weighted by atomic mass is 32.2. The van der Waals surface area contributed by atoms with Crippen molar-refractivity contribution in [2.24, 2.45) is 0 Å². The number of carbonyl (C=O) groups is 1. The Bertz CT molecular complexity index is 973. The van der Waals surface area contributed by atoms with Crippen LogP contribution in [0.1, 0.15) is 32.8 Å². The van der Waals surface area contributed by atoms with Gasteiger partial charge in [0.2, 0.25) is 15.9 Å². The van der Waals surface area contributed by atoms with Crippen LogP contribution in [0.2, 0.25) is 0 Å². The molecule has 1 heterocycles. The number of benzene rings is 2. The van der Waals surface area contributed by atoms with Gasteiger partial charge in [0.15, 0.2) is 0 Å². The van der Waals surface area contributed by atoms with Gasteiger partial charge in [-0.05, 0) is 41.7 Å². The topological polar surface area (TPSA) is 75.3 Å². The third kappa shape index (κ3) is 5.36. The maximum absolute atomic E-state index is 12.5. The van der Waals surface area contributed by atoms with Gasteiger partial charge in [-0.15, -0.1) is 11.8 Å². The van der Waals surface area contributed by atoms with Crippen LogP contribution in [0.25, 0.3) is 0 Å². The molecule has 0 bridgehead atoms. The van der Waals surface area contributed by atoms with Crippen LogP contribution in [-0.2, 0) is 20.2 Å². The first-order chi connectivity index (χ1) is 13.7. The van der Waals surface area contributed by atoms with Crippen molar-refractivity contribution in [3.63, 3.8) is 0 Å². The number of sulfonamides is 1. The second-order valence-electron chi connectivity index (χ2n) is 7.47. The van der Waals surface area contributed by atoms with E-state index in [9.17, 15) is 13.2 Å². The molecule has 0 aliphatic carbocycles. The van der Waals surface area contributed by atoms with Gasteiger partial charge in [-0.1, -0.05) is 56.8 Å². The van der Waals surface area contributed by atoms with Gasteiger partial charge in [-0.3, -0.25) is 4.79 Å². The van der Waals surface area contributed by atoms with Gasteiger partial charge in [0.25, 0.3) is 0 Å². The van der Waals surface area contributed by atoms with Gasteiger partial charge < -0.3 is 5.32 Å². The van der Waals surface area contributed by atoms with E-state index in [1.807, 2.05) is 36.4 Å². The molecule has 2 aromatic rings. The summed E-state index contributed by atoms with van der Waals surface area (Å²) >= 11 is 2.94. The van der Waals surface area contributed by atoms with Gasteiger partial charge in [0, 0.05) is 17.2 Å². The van der Waals surface area contributed by atoms with Crippen molar-refractivity contribution in [1.82, 2.24) is 4.72 Å². The fraction of sp³-hybridized carbons (Fsp3) is 0.381. The lowest BCUT2D eigenvalue weighted by Gasteiger charge is -2.23. The maximum atomic E-state index is 12.5. The first-order valence-corrected chi connectivity index (χ1v) is 12.9. The number of carbonyl (C=O) groups excluding carboxylic acids is 1. The Morgan fingerprint density at radius 2 is 1.83 bits per heavy atom. The molecule has 1 atom stereocenters. The molecule has 156 valence electrons. The zero-order chi connectivity index (χ0) is 21.1. The van der Waals surface area contributed by atoms with Crippen molar-refractivity contribution in [3.05, 3.63) is 54.1 Å². The third-order valence-electron chi connectivity index (χ3n) is 5.09. The van der Waals surface area contributed by atoms with Crippen molar-refractivity contribution in [3.8, 4) is 0 Å². The van der Waals surface area contributed by atoms with Crippen LogP contribution in [0.15, 0.2) is 58.3 Å². The van der Waals surface area contributed by atoms with Crippen LogP contribution in [0, 0.1) is 0 Å². The SMILES string of the molecule is CCC(C)(C)c1ccc(S(=O)(=O)NCCSC2Sc3ccccc3NC2=O)cc1. The molecule has 1 unspecified atom stereocenters. The summed E-state index contributed by atoms with van der Waals surface area (Å²) in [6.07, 6.45) is 0.978. The smallest absolute Gasteiger partial charge is 0.248 e. The molecule has 5 nitrogen and oxygen atoms in total. The summed E-state index contributed by atoms with van der Waals surface area (Å²) in [5.74, 6) is 0.448. The predicted octanol–water partition coefficient (Wildman–Crippen LogP) is 4.46. The summed E-state index contributed by atoms with van der Waals surface area (Å²) in [6, 6.07) is 14.7. The molecule has 29 heavy (non-hydrogen) atoms. The van der Waals surface area contributed by atoms with E-state index in [1.165, 1.54) is 23.5 Å². The highest BCUT2D eigenvalue weighted by Crippen LogP contribution is 2.39. The second-order valence-corrected chi connectivity index (χ2v) is 11.9. The number of amides is 1. The fourth-order valence-corrected chi connectivity index (χ4v) is 6.33. The van der Waals surface area contributed by atoms with E-state index >= 15 is 0 Å². The normalized spacial score (nSPS) is 16.9. The molecule has 3 rings (SSSR count). The number of nitrogens with one attached hydrogen (secondary N) is 2. The summed E-state index contributed by atoms with van der Waals surface area (Å²) in [4.78, 5) is 13.5. The molecule has 0 spiro atoms. The Hall–Kier alpha value is -1.48. The molecule has 0 fully saturated rings. The molecule has 1 aliphatic rings. The summed E-state index contributed by atoms with van der Waals surface area (Å²) in [5.41, 5.74) is 1.97. The molecule has 8 heteroatoms. The summed E-state index contributed by atoms with van der Waals surface area (Å²) < 4.78 is 27.4. The van der Waals surface area contributed by atoms with Crippen LogP contribution in [-0.4, -0.2) is 31.2 Å². The van der Waals surface area contributed by atoms with Crippen LogP contribution >= 0.6 is 23.5 Å². The second kappa shape index (κ2) is 9.12. The number of para-hydroxylation sites is 1. The van der Waals surface area contributed by atoms with E-state index in [-0.39, 0.29) is 27.3 Å². The summed E-state index contributed by atoms with van der Waals surface area (Å²) in [5, 5.41) is 2.90. The number of hydrogen-bond donors (Lipinski definition) is 2. The number of thioether (sulfide) groups is 2. The zero-order valence-corrected chi connectivity index (χ0v) is 19.2. The van der Waals surface area contributed by atoms with E-state index < -0.39 is 10.0 Å². The minimum absolute atomic E-state index is 0.0171. The van der Waals surface area contributed by atoms with E-state index in [2.05, 4.69) is 30.8 Å². The number of hydrogen-bond acceptors (Lipinski definition) is 5. The van der Waals surface area contributed by atoms with Crippen molar-refractivity contribution in [1.29, 1.82) is 0 Å². The van der Waals surface area contributed by atoms with Crippen LogP contribution in [0.4, 0.5) is 5.69 Å². The summed E-state index contributed by atoms with van der Waals surface area (Å²) in [7, 11) is -3.57. The van der Waals surface area contributed by atoms with Gasteiger partial charge in [-0.25, -0.2) is 13.1 Å². The number of rotatable bonds is 8. The molecule has 2 aromatic carbocycles. The van der Waals surface area contributed by atoms with Crippen LogP contribution in [0.5, 0.6) is 0 Å². The largest absolute Gasteiger partial charge is 0.323 e. The Morgan fingerprint density at radius 3 is 2.52 bits per heavy atom. The predicted molar refractivity (Wildman–Crippen MR) is 122 cm³/mol. The molecular formula is C21H26N2O3S3. The van der Waals surface area contributed by atoms with E-state index in [0.29, 0.717) is 5.75 Å². The fourth-order valence-electron chi connectivity index (χ4n) is 2.86. The van der Waals surface area contributed by atoms with Crippen molar-refractivity contribution in [2.75, 3.05) is 17.6 Å². The highest BCUT2D eigenvalue weighted by Gasteiger charge is 2.27. The van der Waals surface area contributed by atoms with Crippen LogP contribution < -0.4 is 10.0 Å². The molecule has 1 amide bonds. The van der Waals surface area contributed by atoms with E-state index in [1.54, 1.807) is 12.1 Å². The molecular weight excluding hydrogens is 424 g/mol. The Kier molecular flexibility index (Phi) is 6.98. The molecule has 0 aromatic heterocycles. The number of fused-ring (bicyclic) bond motifs is 1. The minimum Gasteiger partial charge on any atom is -0.323 e.